The molecule has 12 atom stereocenters. The van der Waals surface area contributed by atoms with Crippen molar-refractivity contribution in [3.05, 3.63) is 36.5 Å². The van der Waals surface area contributed by atoms with Crippen LogP contribution in [-0.4, -0.2) is 72.8 Å². The van der Waals surface area contributed by atoms with Crippen molar-refractivity contribution in [2.75, 3.05) is 0 Å². The molecule has 1 saturated heterocycles. The van der Waals surface area contributed by atoms with Gasteiger partial charge in [-0.25, -0.2) is 14.4 Å². The minimum atomic E-state index is -0.882. The number of cyclic esters (lactones) is 3. The average molecular weight is 505 g/mol. The quantitative estimate of drug-likeness (QED) is 0.280. The van der Waals surface area contributed by atoms with Crippen molar-refractivity contribution in [2.24, 2.45) is 17.8 Å². The fourth-order valence-electron chi connectivity index (χ4n) is 4.74. The van der Waals surface area contributed by atoms with Crippen LogP contribution >= 0.6 is 0 Å². The van der Waals surface area contributed by atoms with Crippen LogP contribution in [0.4, 0.5) is 0 Å². The lowest BCUT2D eigenvalue weighted by Crippen LogP contribution is -2.49. The Morgan fingerprint density at radius 3 is 0.944 bits per heavy atom. The van der Waals surface area contributed by atoms with Crippen LogP contribution in [0.2, 0.25) is 0 Å². The molecule has 6 bridgehead atoms. The van der Waals surface area contributed by atoms with E-state index in [-0.39, 0.29) is 17.8 Å². The molecular weight excluding hydrogens is 468 g/mol. The zero-order valence-corrected chi connectivity index (χ0v) is 21.6. The first-order valence-corrected chi connectivity index (χ1v) is 12.7. The van der Waals surface area contributed by atoms with Crippen LogP contribution in [-0.2, 0) is 42.8 Å². The highest BCUT2D eigenvalue weighted by atomic mass is 16.6. The Kier molecular flexibility index (Phi) is 8.02. The summed E-state index contributed by atoms with van der Waals surface area (Å²) < 4.78 is 35.2. The van der Waals surface area contributed by atoms with E-state index < -0.39 is 72.8 Å². The molecule has 0 aromatic carbocycles. The summed E-state index contributed by atoms with van der Waals surface area (Å²) in [4.78, 5) is 39.1. The van der Waals surface area contributed by atoms with Gasteiger partial charge in [0.25, 0.3) is 0 Å². The second kappa shape index (κ2) is 10.9. The van der Waals surface area contributed by atoms with E-state index in [2.05, 4.69) is 0 Å². The highest BCUT2D eigenvalue weighted by Gasteiger charge is 2.42. The molecule has 0 aromatic rings. The first-order valence-electron chi connectivity index (χ1n) is 12.7. The van der Waals surface area contributed by atoms with Crippen molar-refractivity contribution in [1.29, 1.82) is 0 Å². The fraction of sp³-hybridized carbons (Fsp3) is 0.667. The van der Waals surface area contributed by atoms with Crippen molar-refractivity contribution in [3.8, 4) is 0 Å². The molecule has 0 aliphatic carbocycles. The summed E-state index contributed by atoms with van der Waals surface area (Å²) in [5.41, 5.74) is 0. The molecular formula is C27H36O9. The van der Waals surface area contributed by atoms with Crippen LogP contribution in [0.1, 0.15) is 41.5 Å². The van der Waals surface area contributed by atoms with Crippen LogP contribution in [0.5, 0.6) is 0 Å². The smallest absolute Gasteiger partial charge is 0.336 e. The zero-order valence-electron chi connectivity index (χ0n) is 21.6. The van der Waals surface area contributed by atoms with Gasteiger partial charge in [0.05, 0.1) is 0 Å². The summed E-state index contributed by atoms with van der Waals surface area (Å²) in [7, 11) is 0. The van der Waals surface area contributed by atoms with Crippen molar-refractivity contribution < 1.29 is 42.8 Å². The zero-order chi connectivity index (χ0) is 26.1. The van der Waals surface area contributed by atoms with E-state index in [0.29, 0.717) is 0 Å². The Morgan fingerprint density at radius 1 is 0.444 bits per heavy atom. The Morgan fingerprint density at radius 2 is 0.694 bits per heavy atom. The standard InChI is InChI=1S/C27H36O9/c1-13-7-10-19-16(4)32-26(29)23-15(3)9-12-21(36-23)18(6)33-27(30)24-14(2)8-11-20(35-24)17(5)31-25(28)22(13)34-19/h7-24H,1-6H3/t13-,14-,15-,16-,17-,18-,19-,20-,21-,22+,23+,24+/m0/s1. The van der Waals surface area contributed by atoms with Gasteiger partial charge in [-0.3, -0.25) is 0 Å². The largest absolute Gasteiger partial charge is 0.458 e. The molecule has 0 amide bonds. The molecule has 36 heavy (non-hydrogen) atoms. The summed E-state index contributed by atoms with van der Waals surface area (Å²) >= 11 is 0. The van der Waals surface area contributed by atoms with E-state index in [1.54, 1.807) is 39.0 Å². The molecule has 4 aliphatic heterocycles. The molecule has 9 nitrogen and oxygen atoms in total. The fourth-order valence-corrected chi connectivity index (χ4v) is 4.74. The molecule has 1 fully saturated rings. The SMILES string of the molecule is C[C@@H]1OC(=O)[C@@H]2O[C@@H](C=C[C@@H]2C)[C@H](C)OC(=O)[C@@H]2O[C@@H](C=C[C@@H]2C)[C@H](C)OC(=O)[C@@H]2O[C@H]1C=C[C@@H]2C. The third-order valence-electron chi connectivity index (χ3n) is 7.15. The summed E-state index contributed by atoms with van der Waals surface area (Å²) in [5.74, 6) is -2.38. The number of fused-ring (bicyclic) bond motifs is 6. The lowest BCUT2D eigenvalue weighted by molar-refractivity contribution is -0.196. The summed E-state index contributed by atoms with van der Waals surface area (Å²) in [6.07, 6.45) is 4.42. The van der Waals surface area contributed by atoms with E-state index >= 15 is 0 Å². The number of hydrogen-bond donors (Lipinski definition) is 0. The Balaban J connectivity index is 1.62. The van der Waals surface area contributed by atoms with Gasteiger partial charge in [-0.05, 0) is 20.8 Å². The maximum Gasteiger partial charge on any atom is 0.336 e. The minimum absolute atomic E-state index is 0.242. The number of esters is 3. The first kappa shape index (κ1) is 26.6. The number of carbonyl (C=O) groups is 3. The lowest BCUT2D eigenvalue weighted by Gasteiger charge is -2.37. The topological polar surface area (TPSA) is 107 Å². The molecule has 0 N–H and O–H groups in total. The number of rotatable bonds is 0. The van der Waals surface area contributed by atoms with Crippen molar-refractivity contribution in [3.63, 3.8) is 0 Å². The lowest BCUT2D eigenvalue weighted by atomic mass is 9.97. The molecule has 0 aromatic heterocycles. The van der Waals surface area contributed by atoms with E-state index in [1.807, 2.05) is 39.0 Å². The molecule has 4 heterocycles. The van der Waals surface area contributed by atoms with Crippen molar-refractivity contribution in [1.82, 2.24) is 0 Å². The van der Waals surface area contributed by atoms with Gasteiger partial charge < -0.3 is 28.4 Å². The Hall–Kier alpha value is -2.49. The van der Waals surface area contributed by atoms with E-state index in [0.717, 1.165) is 0 Å². The van der Waals surface area contributed by atoms with E-state index in [4.69, 9.17) is 28.4 Å². The summed E-state index contributed by atoms with van der Waals surface area (Å²) in [6.45, 7) is 10.7. The highest BCUT2D eigenvalue weighted by molar-refractivity contribution is 5.77. The van der Waals surface area contributed by atoms with Gasteiger partial charge in [0.1, 0.15) is 36.6 Å². The predicted octanol–water partition coefficient (Wildman–Crippen LogP) is 2.67. The third-order valence-corrected chi connectivity index (χ3v) is 7.15. The molecule has 4 aliphatic rings. The number of ether oxygens (including phenoxy) is 6. The van der Waals surface area contributed by atoms with Crippen molar-refractivity contribution in [2.45, 2.75) is 96.5 Å². The van der Waals surface area contributed by atoms with Crippen LogP contribution in [0.25, 0.3) is 0 Å². The molecule has 0 spiro atoms. The van der Waals surface area contributed by atoms with Gasteiger partial charge >= 0.3 is 17.9 Å². The van der Waals surface area contributed by atoms with Gasteiger partial charge in [-0.15, -0.1) is 0 Å². The normalized spacial score (nSPS) is 45.7. The van der Waals surface area contributed by atoms with Gasteiger partial charge in [-0.1, -0.05) is 57.2 Å². The van der Waals surface area contributed by atoms with Crippen LogP contribution < -0.4 is 0 Å². The molecule has 198 valence electrons. The maximum atomic E-state index is 13.0. The molecule has 0 saturated carbocycles. The van der Waals surface area contributed by atoms with Crippen molar-refractivity contribution >= 4 is 17.9 Å². The number of hydrogen-bond acceptors (Lipinski definition) is 9. The summed E-state index contributed by atoms with van der Waals surface area (Å²) in [6, 6.07) is 0. The van der Waals surface area contributed by atoms with Gasteiger partial charge in [0, 0.05) is 17.8 Å². The molecule has 0 radical (unpaired) electrons. The number of carbonyl (C=O) groups excluding carboxylic acids is 3. The molecule has 4 rings (SSSR count). The molecule has 0 unspecified atom stereocenters. The third kappa shape index (κ3) is 5.58. The van der Waals surface area contributed by atoms with Gasteiger partial charge in [-0.2, -0.15) is 0 Å². The molecule has 9 heteroatoms. The second-order valence-electron chi connectivity index (χ2n) is 10.2. The predicted molar refractivity (Wildman–Crippen MR) is 128 cm³/mol. The Bertz CT molecular complexity index is 821. The minimum Gasteiger partial charge on any atom is -0.458 e. The highest BCUT2D eigenvalue weighted by Crippen LogP contribution is 2.29. The van der Waals surface area contributed by atoms with Crippen LogP contribution in [0.15, 0.2) is 36.5 Å². The summed E-state index contributed by atoms with van der Waals surface area (Å²) in [5, 5.41) is 0. The van der Waals surface area contributed by atoms with Gasteiger partial charge in [0.2, 0.25) is 0 Å². The van der Waals surface area contributed by atoms with E-state index in [1.165, 1.54) is 0 Å². The maximum absolute atomic E-state index is 13.0. The Labute approximate surface area is 211 Å². The second-order valence-corrected chi connectivity index (χ2v) is 10.2. The van der Waals surface area contributed by atoms with Crippen LogP contribution in [0, 0.1) is 17.8 Å². The van der Waals surface area contributed by atoms with Crippen LogP contribution in [0.3, 0.4) is 0 Å². The van der Waals surface area contributed by atoms with E-state index in [9.17, 15) is 14.4 Å². The monoisotopic (exact) mass is 504 g/mol. The average Bonchev–Trinajstić information content (AvgIpc) is 2.83. The van der Waals surface area contributed by atoms with Gasteiger partial charge in [0.15, 0.2) is 18.3 Å². The first-order chi connectivity index (χ1) is 17.0.